The van der Waals surface area contributed by atoms with Crippen LogP contribution in [-0.4, -0.2) is 42.4 Å². The predicted octanol–water partition coefficient (Wildman–Crippen LogP) is 2.87. The number of fused-ring (bicyclic) bond motifs is 2. The molecule has 0 aromatic heterocycles. The Morgan fingerprint density at radius 1 is 1.36 bits per heavy atom. The standard InChI is InChI=1S/C17H22FNO2S/c1-21-17(20)16-14(11-2-4-12(18)5-3-11)10-13-6-7-15(16)19(13)8-9-22/h2-5,13-16,22H,6-10H2,1H3/t13?,14-,15?,16+/m1/s1. The van der Waals surface area contributed by atoms with Crippen molar-refractivity contribution in [3.63, 3.8) is 0 Å². The second kappa shape index (κ2) is 6.59. The number of carbonyl (C=O) groups is 1. The van der Waals surface area contributed by atoms with Gasteiger partial charge in [-0.25, -0.2) is 4.39 Å². The highest BCUT2D eigenvalue weighted by atomic mass is 32.1. The first-order valence-electron chi connectivity index (χ1n) is 7.85. The molecule has 3 rings (SSSR count). The molecule has 2 fully saturated rings. The molecule has 0 amide bonds. The van der Waals surface area contributed by atoms with Gasteiger partial charge in [-0.1, -0.05) is 12.1 Å². The molecule has 0 spiro atoms. The summed E-state index contributed by atoms with van der Waals surface area (Å²) in [5, 5.41) is 0. The Kier molecular flexibility index (Phi) is 4.73. The van der Waals surface area contributed by atoms with Gasteiger partial charge in [0, 0.05) is 30.3 Å². The highest BCUT2D eigenvalue weighted by molar-refractivity contribution is 7.80. The topological polar surface area (TPSA) is 29.5 Å². The molecule has 3 nitrogen and oxygen atoms in total. The van der Waals surface area contributed by atoms with E-state index in [0.29, 0.717) is 6.04 Å². The highest BCUT2D eigenvalue weighted by Crippen LogP contribution is 2.47. The molecule has 120 valence electrons. The molecule has 0 saturated carbocycles. The van der Waals surface area contributed by atoms with Crippen molar-refractivity contribution in [3.05, 3.63) is 35.6 Å². The van der Waals surface area contributed by atoms with Gasteiger partial charge in [0.2, 0.25) is 0 Å². The van der Waals surface area contributed by atoms with E-state index in [1.54, 1.807) is 0 Å². The Hall–Kier alpha value is -1.07. The van der Waals surface area contributed by atoms with Crippen LogP contribution in [0.3, 0.4) is 0 Å². The van der Waals surface area contributed by atoms with Crippen molar-refractivity contribution < 1.29 is 13.9 Å². The fourth-order valence-corrected chi connectivity index (χ4v) is 4.52. The SMILES string of the molecule is COC(=O)[C@@H]1C2CCC(C[C@@H]1c1ccc(F)cc1)N2CCS. The van der Waals surface area contributed by atoms with E-state index in [2.05, 4.69) is 17.5 Å². The first kappa shape index (κ1) is 15.8. The Morgan fingerprint density at radius 3 is 2.73 bits per heavy atom. The minimum atomic E-state index is -0.242. The van der Waals surface area contributed by atoms with Gasteiger partial charge < -0.3 is 4.74 Å². The molecule has 2 saturated heterocycles. The third-order valence-corrected chi connectivity index (χ3v) is 5.39. The van der Waals surface area contributed by atoms with Gasteiger partial charge in [0.15, 0.2) is 0 Å². The number of hydrogen-bond donors (Lipinski definition) is 1. The van der Waals surface area contributed by atoms with Gasteiger partial charge in [-0.15, -0.1) is 0 Å². The largest absolute Gasteiger partial charge is 0.469 e. The average Bonchev–Trinajstić information content (AvgIpc) is 2.80. The fourth-order valence-electron chi connectivity index (χ4n) is 4.29. The van der Waals surface area contributed by atoms with Gasteiger partial charge >= 0.3 is 5.97 Å². The predicted molar refractivity (Wildman–Crippen MR) is 86.6 cm³/mol. The zero-order valence-electron chi connectivity index (χ0n) is 12.7. The van der Waals surface area contributed by atoms with Gasteiger partial charge in [0.25, 0.3) is 0 Å². The van der Waals surface area contributed by atoms with E-state index in [0.717, 1.165) is 37.1 Å². The lowest BCUT2D eigenvalue weighted by molar-refractivity contribution is -0.150. The van der Waals surface area contributed by atoms with Crippen LogP contribution in [0.5, 0.6) is 0 Å². The number of nitrogens with zero attached hydrogens (tertiary/aromatic N) is 1. The molecular formula is C17H22FNO2S. The van der Waals surface area contributed by atoms with E-state index in [1.165, 1.54) is 19.2 Å². The van der Waals surface area contributed by atoms with Gasteiger partial charge in [-0.2, -0.15) is 12.6 Å². The Morgan fingerprint density at radius 2 is 2.09 bits per heavy atom. The lowest BCUT2D eigenvalue weighted by Gasteiger charge is -2.43. The minimum Gasteiger partial charge on any atom is -0.469 e. The number of carbonyl (C=O) groups excluding carboxylic acids is 1. The number of esters is 1. The van der Waals surface area contributed by atoms with Crippen molar-refractivity contribution in [2.75, 3.05) is 19.4 Å². The maximum atomic E-state index is 13.2. The second-order valence-corrected chi connectivity index (χ2v) is 6.65. The van der Waals surface area contributed by atoms with Crippen LogP contribution in [0.1, 0.15) is 30.7 Å². The number of ether oxygens (including phenoxy) is 1. The van der Waals surface area contributed by atoms with E-state index in [4.69, 9.17) is 4.74 Å². The quantitative estimate of drug-likeness (QED) is 0.682. The molecule has 5 heteroatoms. The number of methoxy groups -OCH3 is 1. The summed E-state index contributed by atoms with van der Waals surface area (Å²) in [5.74, 6) is 0.343. The molecule has 1 aromatic rings. The van der Waals surface area contributed by atoms with Gasteiger partial charge in [0.1, 0.15) is 5.82 Å². The Labute approximate surface area is 136 Å². The zero-order valence-corrected chi connectivity index (χ0v) is 13.6. The van der Waals surface area contributed by atoms with E-state index >= 15 is 0 Å². The normalized spacial score (nSPS) is 31.2. The van der Waals surface area contributed by atoms with E-state index in [1.807, 2.05) is 12.1 Å². The molecule has 4 atom stereocenters. The molecule has 0 radical (unpaired) electrons. The smallest absolute Gasteiger partial charge is 0.310 e. The second-order valence-electron chi connectivity index (χ2n) is 6.20. The van der Waals surface area contributed by atoms with Crippen LogP contribution < -0.4 is 0 Å². The number of thiol groups is 1. The molecule has 0 aliphatic carbocycles. The van der Waals surface area contributed by atoms with E-state index in [-0.39, 0.29) is 29.7 Å². The minimum absolute atomic E-state index is 0.113. The average molecular weight is 323 g/mol. The van der Waals surface area contributed by atoms with E-state index in [9.17, 15) is 9.18 Å². The summed E-state index contributed by atoms with van der Waals surface area (Å²) in [4.78, 5) is 14.8. The van der Waals surface area contributed by atoms with Crippen molar-refractivity contribution in [1.82, 2.24) is 4.90 Å². The van der Waals surface area contributed by atoms with Crippen molar-refractivity contribution in [2.45, 2.75) is 37.3 Å². The summed E-state index contributed by atoms with van der Waals surface area (Å²) < 4.78 is 18.3. The van der Waals surface area contributed by atoms with Crippen molar-refractivity contribution >= 4 is 18.6 Å². The Balaban J connectivity index is 1.92. The van der Waals surface area contributed by atoms with Crippen LogP contribution in [0.25, 0.3) is 0 Å². The number of halogens is 1. The molecule has 2 heterocycles. The van der Waals surface area contributed by atoms with Crippen LogP contribution in [0.2, 0.25) is 0 Å². The van der Waals surface area contributed by atoms with Gasteiger partial charge in [0.05, 0.1) is 13.0 Å². The lowest BCUT2D eigenvalue weighted by atomic mass is 9.76. The summed E-state index contributed by atoms with van der Waals surface area (Å²) in [6.07, 6.45) is 3.06. The van der Waals surface area contributed by atoms with Crippen molar-refractivity contribution in [1.29, 1.82) is 0 Å². The Bertz CT molecular complexity index is 536. The van der Waals surface area contributed by atoms with Crippen LogP contribution in [0, 0.1) is 11.7 Å². The van der Waals surface area contributed by atoms with Crippen LogP contribution in [0.4, 0.5) is 4.39 Å². The third kappa shape index (κ3) is 2.76. The maximum absolute atomic E-state index is 13.2. The van der Waals surface area contributed by atoms with Gasteiger partial charge in [-0.3, -0.25) is 9.69 Å². The molecule has 0 N–H and O–H groups in total. The molecule has 2 aliphatic heterocycles. The maximum Gasteiger partial charge on any atom is 0.310 e. The monoisotopic (exact) mass is 323 g/mol. The summed E-state index contributed by atoms with van der Waals surface area (Å²) in [6.45, 7) is 0.905. The number of benzene rings is 1. The molecule has 22 heavy (non-hydrogen) atoms. The zero-order chi connectivity index (χ0) is 15.7. The van der Waals surface area contributed by atoms with E-state index < -0.39 is 0 Å². The van der Waals surface area contributed by atoms with Crippen LogP contribution in [-0.2, 0) is 9.53 Å². The first-order chi connectivity index (χ1) is 10.7. The summed E-state index contributed by atoms with van der Waals surface area (Å²) in [5.41, 5.74) is 1.04. The molecule has 2 bridgehead atoms. The molecule has 2 unspecified atom stereocenters. The van der Waals surface area contributed by atoms with Crippen molar-refractivity contribution in [2.24, 2.45) is 5.92 Å². The van der Waals surface area contributed by atoms with Crippen molar-refractivity contribution in [3.8, 4) is 0 Å². The number of piperidine rings is 1. The highest BCUT2D eigenvalue weighted by Gasteiger charge is 2.50. The first-order valence-corrected chi connectivity index (χ1v) is 8.49. The van der Waals surface area contributed by atoms with Crippen LogP contribution in [0.15, 0.2) is 24.3 Å². The third-order valence-electron chi connectivity index (χ3n) is 5.19. The number of rotatable bonds is 4. The summed E-state index contributed by atoms with van der Waals surface area (Å²) in [7, 11) is 1.45. The van der Waals surface area contributed by atoms with Gasteiger partial charge in [-0.05, 0) is 37.0 Å². The molecule has 2 aliphatic rings. The summed E-state index contributed by atoms with van der Waals surface area (Å²) >= 11 is 4.35. The summed E-state index contributed by atoms with van der Waals surface area (Å²) in [6, 6.07) is 7.28. The molecular weight excluding hydrogens is 301 g/mol. The lowest BCUT2D eigenvalue weighted by Crippen LogP contribution is -2.51. The van der Waals surface area contributed by atoms with Crippen LogP contribution >= 0.6 is 12.6 Å². The molecule has 1 aromatic carbocycles. The number of hydrogen-bond acceptors (Lipinski definition) is 4. The fraction of sp³-hybridized carbons (Fsp3) is 0.588.